The molecular weight excluding hydrogens is 532 g/mol. The van der Waals surface area contributed by atoms with Crippen molar-refractivity contribution in [2.24, 2.45) is 0 Å². The first-order valence-corrected chi connectivity index (χ1v) is 13.9. The van der Waals surface area contributed by atoms with Crippen molar-refractivity contribution in [2.75, 3.05) is 46.0 Å². The molecule has 212 valence electrons. The fourth-order valence-electron chi connectivity index (χ4n) is 5.22. The number of carbonyl (C=O) groups excluding carboxylic acids is 2. The van der Waals surface area contributed by atoms with E-state index in [1.165, 1.54) is 0 Å². The molecule has 1 fully saturated rings. The van der Waals surface area contributed by atoms with Gasteiger partial charge < -0.3 is 24.1 Å². The van der Waals surface area contributed by atoms with Gasteiger partial charge in [-0.3, -0.25) is 14.7 Å². The second-order valence-electron chi connectivity index (χ2n) is 11.1. The van der Waals surface area contributed by atoms with Crippen LogP contribution in [0.2, 0.25) is 5.02 Å². The second kappa shape index (κ2) is 11.6. The quantitative estimate of drug-likeness (QED) is 0.416. The van der Waals surface area contributed by atoms with Gasteiger partial charge in [-0.1, -0.05) is 25.4 Å². The van der Waals surface area contributed by atoms with Gasteiger partial charge in [0, 0.05) is 55.1 Å². The van der Waals surface area contributed by atoms with Gasteiger partial charge >= 0.3 is 5.97 Å². The fourth-order valence-corrected chi connectivity index (χ4v) is 5.38. The van der Waals surface area contributed by atoms with Crippen LogP contribution in [0.25, 0.3) is 16.6 Å². The summed E-state index contributed by atoms with van der Waals surface area (Å²) >= 11 is 6.20. The number of H-pyrrole nitrogens is 1. The zero-order valence-corrected chi connectivity index (χ0v) is 24.1. The SMILES string of the molecule is CC(C)OC(=O)C1=CN(C(=O)c2ccc(OCCN3CCOCC3)cc2)CC(C)(C)c2c1[nH]c1cc(Cl)cnc21. The molecular formula is C30H35ClN4O5. The Morgan fingerprint density at radius 2 is 1.90 bits per heavy atom. The third kappa shape index (κ3) is 6.01. The minimum Gasteiger partial charge on any atom is -0.492 e. The molecule has 10 heteroatoms. The Bertz CT molecular complexity index is 1420. The maximum absolute atomic E-state index is 13.8. The van der Waals surface area contributed by atoms with E-state index in [0.29, 0.717) is 40.7 Å². The number of hydrogen-bond donors (Lipinski definition) is 1. The molecule has 2 aromatic heterocycles. The van der Waals surface area contributed by atoms with E-state index < -0.39 is 11.4 Å². The minimum absolute atomic E-state index is 0.228. The van der Waals surface area contributed by atoms with Crippen molar-refractivity contribution in [1.82, 2.24) is 19.8 Å². The molecule has 0 saturated carbocycles. The van der Waals surface area contributed by atoms with Crippen LogP contribution >= 0.6 is 11.6 Å². The number of aromatic amines is 1. The highest BCUT2D eigenvalue weighted by Crippen LogP contribution is 2.40. The molecule has 0 unspecified atom stereocenters. The van der Waals surface area contributed by atoms with Gasteiger partial charge in [0.25, 0.3) is 5.91 Å². The third-order valence-electron chi connectivity index (χ3n) is 7.10. The number of carbonyl (C=O) groups is 2. The van der Waals surface area contributed by atoms with E-state index in [1.807, 2.05) is 13.8 Å². The highest BCUT2D eigenvalue weighted by atomic mass is 35.5. The maximum Gasteiger partial charge on any atom is 0.342 e. The zero-order chi connectivity index (χ0) is 28.4. The Labute approximate surface area is 239 Å². The lowest BCUT2D eigenvalue weighted by Gasteiger charge is -2.29. The first kappa shape index (κ1) is 28.1. The van der Waals surface area contributed by atoms with E-state index in [9.17, 15) is 9.59 Å². The smallest absolute Gasteiger partial charge is 0.342 e. The van der Waals surface area contributed by atoms with E-state index in [2.05, 4.69) is 14.9 Å². The normalized spacial score (nSPS) is 17.4. The first-order chi connectivity index (χ1) is 19.1. The average Bonchev–Trinajstić information content (AvgIpc) is 3.25. The Hall–Kier alpha value is -3.40. The molecule has 1 N–H and O–H groups in total. The standard InChI is InChI=1S/C30H35ClN4O5/c1-19(2)40-29(37)23-17-35(18-30(3,4)25-26(23)33-24-15-21(31)16-32-27(24)25)28(36)20-5-7-22(8-6-20)39-14-11-34-9-12-38-13-10-34/h5-8,15-17,19,33H,9-14,18H2,1-4H3. The number of morpholine rings is 1. The average molecular weight is 567 g/mol. The van der Waals surface area contributed by atoms with Crippen LogP contribution in [-0.2, 0) is 19.7 Å². The summed E-state index contributed by atoms with van der Waals surface area (Å²) in [6.45, 7) is 12.7. The number of amides is 1. The largest absolute Gasteiger partial charge is 0.492 e. The van der Waals surface area contributed by atoms with Crippen molar-refractivity contribution in [1.29, 1.82) is 0 Å². The van der Waals surface area contributed by atoms with Gasteiger partial charge in [-0.25, -0.2) is 4.79 Å². The number of esters is 1. The van der Waals surface area contributed by atoms with Crippen LogP contribution in [0.3, 0.4) is 0 Å². The van der Waals surface area contributed by atoms with Crippen LogP contribution in [0, 0.1) is 0 Å². The monoisotopic (exact) mass is 566 g/mol. The summed E-state index contributed by atoms with van der Waals surface area (Å²) in [5.74, 6) is -0.0504. The second-order valence-corrected chi connectivity index (χ2v) is 11.5. The summed E-state index contributed by atoms with van der Waals surface area (Å²) in [4.78, 5) is 38.9. The number of ether oxygens (including phenoxy) is 3. The zero-order valence-electron chi connectivity index (χ0n) is 23.3. The number of pyridine rings is 1. The molecule has 4 heterocycles. The molecule has 0 aliphatic carbocycles. The topological polar surface area (TPSA) is 97.0 Å². The number of aromatic nitrogens is 2. The van der Waals surface area contributed by atoms with E-state index >= 15 is 0 Å². The van der Waals surface area contributed by atoms with Gasteiger partial charge in [0.05, 0.1) is 46.6 Å². The predicted molar refractivity (Wildman–Crippen MR) is 154 cm³/mol. The summed E-state index contributed by atoms with van der Waals surface area (Å²) in [5, 5.41) is 0.488. The summed E-state index contributed by atoms with van der Waals surface area (Å²) in [7, 11) is 0. The number of rotatable bonds is 7. The van der Waals surface area contributed by atoms with Gasteiger partial charge in [0.2, 0.25) is 0 Å². The van der Waals surface area contributed by atoms with Crippen LogP contribution in [0.15, 0.2) is 42.7 Å². The van der Waals surface area contributed by atoms with E-state index in [4.69, 9.17) is 25.8 Å². The molecule has 3 aromatic rings. The van der Waals surface area contributed by atoms with Crippen molar-refractivity contribution in [3.63, 3.8) is 0 Å². The molecule has 0 spiro atoms. The molecule has 5 rings (SSSR count). The van der Waals surface area contributed by atoms with E-state index in [0.717, 1.165) is 43.9 Å². The summed E-state index contributed by atoms with van der Waals surface area (Å²) in [5.41, 5.74) is 3.05. The number of halogens is 1. The Kier molecular flexibility index (Phi) is 8.16. The Morgan fingerprint density at radius 1 is 1.18 bits per heavy atom. The van der Waals surface area contributed by atoms with Crippen molar-refractivity contribution < 1.29 is 23.8 Å². The van der Waals surface area contributed by atoms with Crippen LogP contribution in [0.1, 0.15) is 49.3 Å². The molecule has 1 saturated heterocycles. The van der Waals surface area contributed by atoms with Crippen molar-refractivity contribution >= 4 is 40.1 Å². The lowest BCUT2D eigenvalue weighted by molar-refractivity contribution is -0.140. The van der Waals surface area contributed by atoms with E-state index in [1.54, 1.807) is 61.5 Å². The molecule has 40 heavy (non-hydrogen) atoms. The molecule has 1 aromatic carbocycles. The van der Waals surface area contributed by atoms with Crippen molar-refractivity contribution in [3.05, 3.63) is 64.6 Å². The minimum atomic E-state index is -0.553. The number of nitrogens with zero attached hydrogens (tertiary/aromatic N) is 3. The fraction of sp³-hybridized carbons (Fsp3) is 0.433. The Morgan fingerprint density at radius 3 is 2.60 bits per heavy atom. The number of fused-ring (bicyclic) bond motifs is 3. The van der Waals surface area contributed by atoms with Gasteiger partial charge in [-0.15, -0.1) is 0 Å². The number of hydrogen-bond acceptors (Lipinski definition) is 7. The molecule has 1 amide bonds. The summed E-state index contributed by atoms with van der Waals surface area (Å²) in [6.07, 6.45) is 2.84. The lowest BCUT2D eigenvalue weighted by Crippen LogP contribution is -2.38. The maximum atomic E-state index is 13.8. The molecule has 0 radical (unpaired) electrons. The van der Waals surface area contributed by atoms with Gasteiger partial charge in [0.15, 0.2) is 0 Å². The molecule has 0 atom stereocenters. The predicted octanol–water partition coefficient (Wildman–Crippen LogP) is 4.65. The molecule has 9 nitrogen and oxygen atoms in total. The number of benzene rings is 1. The van der Waals surface area contributed by atoms with Gasteiger partial charge in [0.1, 0.15) is 12.4 Å². The van der Waals surface area contributed by atoms with E-state index in [-0.39, 0.29) is 17.6 Å². The molecule has 2 aliphatic heterocycles. The van der Waals surface area contributed by atoms with Crippen LogP contribution < -0.4 is 4.74 Å². The number of nitrogens with one attached hydrogen (secondary N) is 1. The van der Waals surface area contributed by atoms with Crippen LogP contribution in [0.4, 0.5) is 0 Å². The molecule has 2 aliphatic rings. The highest BCUT2D eigenvalue weighted by molar-refractivity contribution is 6.31. The van der Waals surface area contributed by atoms with Crippen molar-refractivity contribution in [3.8, 4) is 5.75 Å². The van der Waals surface area contributed by atoms with Crippen molar-refractivity contribution in [2.45, 2.75) is 39.2 Å². The van der Waals surface area contributed by atoms with Crippen LogP contribution in [0.5, 0.6) is 5.75 Å². The van der Waals surface area contributed by atoms with Crippen LogP contribution in [-0.4, -0.2) is 83.7 Å². The summed E-state index contributed by atoms with van der Waals surface area (Å²) < 4.78 is 16.9. The Balaban J connectivity index is 1.41. The first-order valence-electron chi connectivity index (χ1n) is 13.6. The van der Waals surface area contributed by atoms with Gasteiger partial charge in [-0.2, -0.15) is 0 Å². The summed E-state index contributed by atoms with van der Waals surface area (Å²) in [6, 6.07) is 8.89. The third-order valence-corrected chi connectivity index (χ3v) is 7.31. The van der Waals surface area contributed by atoms with Gasteiger partial charge in [-0.05, 0) is 44.2 Å². The lowest BCUT2D eigenvalue weighted by atomic mass is 9.83. The highest BCUT2D eigenvalue weighted by Gasteiger charge is 2.38. The molecule has 0 bridgehead atoms.